The van der Waals surface area contributed by atoms with E-state index in [1.54, 1.807) is 0 Å². The summed E-state index contributed by atoms with van der Waals surface area (Å²) >= 11 is 1.86. The Kier molecular flexibility index (Phi) is 2.73. The molecule has 0 atom stereocenters. The molecule has 0 bridgehead atoms. The van der Waals surface area contributed by atoms with E-state index >= 15 is 0 Å². The third-order valence-electron chi connectivity index (χ3n) is 2.99. The highest BCUT2D eigenvalue weighted by Gasteiger charge is 2.07. The van der Waals surface area contributed by atoms with Crippen LogP contribution in [-0.4, -0.2) is 11.2 Å². The number of para-hydroxylation sites is 2. The molecule has 0 N–H and O–H groups in total. The van der Waals surface area contributed by atoms with Crippen molar-refractivity contribution < 1.29 is 0 Å². The molecular weight excluding hydrogens is 226 g/mol. The second kappa shape index (κ2) is 4.38. The highest BCUT2D eigenvalue weighted by Crippen LogP contribution is 2.28. The fraction of sp³-hybridized carbons (Fsp3) is 0.133. The summed E-state index contributed by atoms with van der Waals surface area (Å²) in [5.41, 5.74) is 3.59. The SMILES string of the molecule is CSCc1c2ccccc2nc2ccccc12. The topological polar surface area (TPSA) is 12.9 Å². The minimum Gasteiger partial charge on any atom is -0.248 e. The fourth-order valence-electron chi connectivity index (χ4n) is 2.23. The predicted octanol–water partition coefficient (Wildman–Crippen LogP) is 4.25. The number of benzene rings is 2. The van der Waals surface area contributed by atoms with Gasteiger partial charge in [-0.3, -0.25) is 0 Å². The summed E-state index contributed by atoms with van der Waals surface area (Å²) < 4.78 is 0. The van der Waals surface area contributed by atoms with Crippen molar-refractivity contribution in [1.29, 1.82) is 0 Å². The van der Waals surface area contributed by atoms with Gasteiger partial charge in [0.2, 0.25) is 0 Å². The Hall–Kier alpha value is -1.54. The molecular formula is C15H13NS. The average Bonchev–Trinajstić information content (AvgIpc) is 2.39. The van der Waals surface area contributed by atoms with E-state index in [9.17, 15) is 0 Å². The Morgan fingerprint density at radius 3 is 1.94 bits per heavy atom. The molecule has 0 aliphatic rings. The maximum absolute atomic E-state index is 4.71. The molecule has 1 aromatic heterocycles. The quantitative estimate of drug-likeness (QED) is 0.620. The van der Waals surface area contributed by atoms with Gasteiger partial charge in [-0.25, -0.2) is 4.98 Å². The van der Waals surface area contributed by atoms with Gasteiger partial charge in [-0.1, -0.05) is 36.4 Å². The first-order chi connectivity index (χ1) is 8.40. The van der Waals surface area contributed by atoms with E-state index in [4.69, 9.17) is 4.98 Å². The normalized spacial score (nSPS) is 11.1. The van der Waals surface area contributed by atoms with Gasteiger partial charge in [-0.15, -0.1) is 0 Å². The zero-order valence-corrected chi connectivity index (χ0v) is 10.5. The second-order valence-corrected chi connectivity index (χ2v) is 4.92. The molecule has 2 heteroatoms. The molecule has 0 unspecified atom stereocenters. The van der Waals surface area contributed by atoms with Crippen molar-refractivity contribution in [2.24, 2.45) is 0 Å². The standard InChI is InChI=1S/C15H13NS/c1-17-10-13-11-6-2-4-8-14(11)16-15-9-5-3-7-12(13)15/h2-9H,10H2,1H3. The van der Waals surface area contributed by atoms with Crippen LogP contribution in [0.3, 0.4) is 0 Å². The molecule has 0 aliphatic heterocycles. The number of pyridine rings is 1. The third kappa shape index (κ3) is 1.79. The molecule has 84 valence electrons. The van der Waals surface area contributed by atoms with Crippen LogP contribution in [0, 0.1) is 0 Å². The van der Waals surface area contributed by atoms with E-state index in [2.05, 4.69) is 42.7 Å². The maximum Gasteiger partial charge on any atom is 0.0712 e. The average molecular weight is 239 g/mol. The molecule has 3 rings (SSSR count). The molecule has 1 heterocycles. The Morgan fingerprint density at radius 2 is 1.41 bits per heavy atom. The zero-order valence-electron chi connectivity index (χ0n) is 9.68. The summed E-state index contributed by atoms with van der Waals surface area (Å²) in [6.07, 6.45) is 2.14. The fourth-order valence-corrected chi connectivity index (χ4v) is 2.83. The largest absolute Gasteiger partial charge is 0.248 e. The lowest BCUT2D eigenvalue weighted by atomic mass is 10.0. The third-order valence-corrected chi connectivity index (χ3v) is 3.57. The van der Waals surface area contributed by atoms with Crippen molar-refractivity contribution in [3.05, 3.63) is 54.1 Å². The number of hydrogen-bond donors (Lipinski definition) is 0. The van der Waals surface area contributed by atoms with Crippen LogP contribution < -0.4 is 0 Å². The summed E-state index contributed by atoms with van der Waals surface area (Å²) in [6, 6.07) is 16.8. The van der Waals surface area contributed by atoms with E-state index in [1.807, 2.05) is 23.9 Å². The van der Waals surface area contributed by atoms with Crippen LogP contribution in [0.15, 0.2) is 48.5 Å². The number of hydrogen-bond acceptors (Lipinski definition) is 2. The lowest BCUT2D eigenvalue weighted by molar-refractivity contribution is 1.43. The van der Waals surface area contributed by atoms with Gasteiger partial charge in [-0.2, -0.15) is 11.8 Å². The highest BCUT2D eigenvalue weighted by molar-refractivity contribution is 7.97. The number of rotatable bonds is 2. The first-order valence-electron chi connectivity index (χ1n) is 5.65. The number of aromatic nitrogens is 1. The van der Waals surface area contributed by atoms with Crippen molar-refractivity contribution >= 4 is 33.6 Å². The van der Waals surface area contributed by atoms with E-state index in [0.29, 0.717) is 0 Å². The van der Waals surface area contributed by atoms with E-state index in [1.165, 1.54) is 16.3 Å². The van der Waals surface area contributed by atoms with E-state index < -0.39 is 0 Å². The number of nitrogens with zero attached hydrogens (tertiary/aromatic N) is 1. The molecule has 0 fully saturated rings. The molecule has 0 aliphatic carbocycles. The van der Waals surface area contributed by atoms with Gasteiger partial charge in [0.25, 0.3) is 0 Å². The summed E-state index contributed by atoms with van der Waals surface area (Å²) in [5, 5.41) is 2.56. The predicted molar refractivity (Wildman–Crippen MR) is 76.5 cm³/mol. The molecule has 0 radical (unpaired) electrons. The minimum absolute atomic E-state index is 1.03. The van der Waals surface area contributed by atoms with Gasteiger partial charge in [-0.05, 0) is 24.0 Å². The maximum atomic E-state index is 4.71. The van der Waals surface area contributed by atoms with E-state index in [-0.39, 0.29) is 0 Å². The number of fused-ring (bicyclic) bond motifs is 2. The van der Waals surface area contributed by atoms with Crippen molar-refractivity contribution in [2.45, 2.75) is 5.75 Å². The van der Waals surface area contributed by atoms with Gasteiger partial charge < -0.3 is 0 Å². The Labute approximate surface area is 105 Å². The van der Waals surface area contributed by atoms with Crippen molar-refractivity contribution in [2.75, 3.05) is 6.26 Å². The van der Waals surface area contributed by atoms with Crippen molar-refractivity contribution in [3.8, 4) is 0 Å². The molecule has 0 saturated heterocycles. The molecule has 0 spiro atoms. The van der Waals surface area contributed by atoms with Crippen LogP contribution in [0.4, 0.5) is 0 Å². The van der Waals surface area contributed by atoms with Crippen LogP contribution in [0.25, 0.3) is 21.8 Å². The Morgan fingerprint density at radius 1 is 0.882 bits per heavy atom. The van der Waals surface area contributed by atoms with Crippen LogP contribution in [-0.2, 0) is 5.75 Å². The van der Waals surface area contributed by atoms with Crippen LogP contribution >= 0.6 is 11.8 Å². The Balaban J connectivity index is 2.47. The van der Waals surface area contributed by atoms with Gasteiger partial charge in [0.05, 0.1) is 11.0 Å². The minimum atomic E-state index is 1.03. The zero-order chi connectivity index (χ0) is 11.7. The van der Waals surface area contributed by atoms with Crippen LogP contribution in [0.2, 0.25) is 0 Å². The van der Waals surface area contributed by atoms with Gasteiger partial charge in [0, 0.05) is 16.5 Å². The number of thioether (sulfide) groups is 1. The van der Waals surface area contributed by atoms with E-state index in [0.717, 1.165) is 16.8 Å². The lowest BCUT2D eigenvalue weighted by Gasteiger charge is -2.09. The van der Waals surface area contributed by atoms with Crippen molar-refractivity contribution in [3.63, 3.8) is 0 Å². The first kappa shape index (κ1) is 10.6. The van der Waals surface area contributed by atoms with Crippen LogP contribution in [0.5, 0.6) is 0 Å². The van der Waals surface area contributed by atoms with Gasteiger partial charge >= 0.3 is 0 Å². The van der Waals surface area contributed by atoms with Crippen LogP contribution in [0.1, 0.15) is 5.56 Å². The molecule has 0 amide bonds. The second-order valence-electron chi connectivity index (χ2n) is 4.06. The highest BCUT2D eigenvalue weighted by atomic mass is 32.2. The smallest absolute Gasteiger partial charge is 0.0712 e. The molecule has 2 aromatic carbocycles. The molecule has 0 saturated carbocycles. The summed E-state index contributed by atoms with van der Waals surface area (Å²) in [6.45, 7) is 0. The Bertz CT molecular complexity index is 622. The lowest BCUT2D eigenvalue weighted by Crippen LogP contribution is -1.90. The monoisotopic (exact) mass is 239 g/mol. The molecule has 1 nitrogen and oxygen atoms in total. The summed E-state index contributed by atoms with van der Waals surface area (Å²) in [4.78, 5) is 4.71. The van der Waals surface area contributed by atoms with Gasteiger partial charge in [0.1, 0.15) is 0 Å². The summed E-state index contributed by atoms with van der Waals surface area (Å²) in [5.74, 6) is 1.03. The van der Waals surface area contributed by atoms with Gasteiger partial charge in [0.15, 0.2) is 0 Å². The molecule has 17 heavy (non-hydrogen) atoms. The van der Waals surface area contributed by atoms with Crippen molar-refractivity contribution in [1.82, 2.24) is 4.98 Å². The first-order valence-corrected chi connectivity index (χ1v) is 7.05. The molecule has 3 aromatic rings. The summed E-state index contributed by atoms with van der Waals surface area (Å²) in [7, 11) is 0.